The molecule has 0 N–H and O–H groups in total. The summed E-state index contributed by atoms with van der Waals surface area (Å²) in [7, 11) is 0. The van der Waals surface area contributed by atoms with Crippen molar-refractivity contribution in [2.75, 3.05) is 6.61 Å². The fraction of sp³-hybridized carbons (Fsp3) is 0.385. The Balaban J connectivity index is 2.22. The third-order valence-corrected chi connectivity index (χ3v) is 2.89. The van der Waals surface area contributed by atoms with E-state index in [1.54, 1.807) is 12.4 Å². The topological polar surface area (TPSA) is 35.0 Å². The Morgan fingerprint density at radius 1 is 1.35 bits per heavy atom. The minimum absolute atomic E-state index is 0.644. The summed E-state index contributed by atoms with van der Waals surface area (Å²) in [5.74, 6) is 1.45. The second-order valence-corrected chi connectivity index (χ2v) is 5.28. The fourth-order valence-corrected chi connectivity index (χ4v) is 1.82. The molecular weight excluding hydrogens is 280 g/mol. The van der Waals surface area contributed by atoms with Crippen LogP contribution in [-0.4, -0.2) is 16.6 Å². The van der Waals surface area contributed by atoms with Gasteiger partial charge in [0, 0.05) is 22.9 Å². The number of rotatable bonds is 4. The molecule has 0 aliphatic heterocycles. The second-order valence-electron chi connectivity index (χ2n) is 4.36. The lowest BCUT2D eigenvalue weighted by Crippen LogP contribution is -2.02. The monoisotopic (exact) mass is 294 g/mol. The van der Waals surface area contributed by atoms with Gasteiger partial charge in [-0.2, -0.15) is 0 Å². The molecule has 17 heavy (non-hydrogen) atoms. The number of halogens is 1. The van der Waals surface area contributed by atoms with Crippen molar-refractivity contribution in [3.8, 4) is 5.75 Å². The molecule has 2 aromatic rings. The summed E-state index contributed by atoms with van der Waals surface area (Å²) in [5.41, 5.74) is 1.67. The summed E-state index contributed by atoms with van der Waals surface area (Å²) in [6.45, 7) is 5.08. The van der Waals surface area contributed by atoms with Crippen LogP contribution in [0.15, 0.2) is 29.0 Å². The highest BCUT2D eigenvalue weighted by Crippen LogP contribution is 2.24. The van der Waals surface area contributed by atoms with Crippen molar-refractivity contribution in [3.05, 3.63) is 29.0 Å². The van der Waals surface area contributed by atoms with E-state index in [1.807, 2.05) is 12.1 Å². The molecule has 0 saturated carbocycles. The van der Waals surface area contributed by atoms with Gasteiger partial charge in [-0.3, -0.25) is 4.98 Å². The van der Waals surface area contributed by atoms with Gasteiger partial charge in [0.1, 0.15) is 11.3 Å². The van der Waals surface area contributed by atoms with Crippen LogP contribution in [0.1, 0.15) is 20.3 Å². The van der Waals surface area contributed by atoms with Crippen LogP contribution in [-0.2, 0) is 0 Å². The highest BCUT2D eigenvalue weighted by molar-refractivity contribution is 9.10. The number of aromatic nitrogens is 2. The van der Waals surface area contributed by atoms with Gasteiger partial charge in [-0.1, -0.05) is 13.8 Å². The van der Waals surface area contributed by atoms with Crippen molar-refractivity contribution in [3.63, 3.8) is 0 Å². The molecule has 0 aliphatic rings. The van der Waals surface area contributed by atoms with Crippen molar-refractivity contribution >= 4 is 27.0 Å². The molecule has 0 fully saturated rings. The van der Waals surface area contributed by atoms with Crippen LogP contribution < -0.4 is 4.74 Å². The molecular formula is C13H15BrN2O. The number of nitrogens with zero attached hydrogens (tertiary/aromatic N) is 2. The molecule has 0 saturated heterocycles. The molecule has 0 atom stereocenters. The van der Waals surface area contributed by atoms with E-state index in [4.69, 9.17) is 4.74 Å². The summed E-state index contributed by atoms with van der Waals surface area (Å²) in [6.07, 6.45) is 4.56. The van der Waals surface area contributed by atoms with Gasteiger partial charge in [-0.05, 0) is 34.3 Å². The SMILES string of the molecule is CC(C)CCOc1ccnc2cc(Br)cnc12. The van der Waals surface area contributed by atoms with Gasteiger partial charge >= 0.3 is 0 Å². The molecule has 2 heterocycles. The molecule has 2 aromatic heterocycles. The van der Waals surface area contributed by atoms with E-state index in [9.17, 15) is 0 Å². The molecule has 2 rings (SSSR count). The van der Waals surface area contributed by atoms with Crippen LogP contribution in [0.4, 0.5) is 0 Å². The smallest absolute Gasteiger partial charge is 0.148 e. The molecule has 90 valence electrons. The van der Waals surface area contributed by atoms with Gasteiger partial charge in [0.15, 0.2) is 0 Å². The molecule has 0 aliphatic carbocycles. The van der Waals surface area contributed by atoms with Crippen LogP contribution in [0.5, 0.6) is 5.75 Å². The number of ether oxygens (including phenoxy) is 1. The van der Waals surface area contributed by atoms with E-state index < -0.39 is 0 Å². The van der Waals surface area contributed by atoms with E-state index in [-0.39, 0.29) is 0 Å². The number of hydrogen-bond donors (Lipinski definition) is 0. The van der Waals surface area contributed by atoms with Gasteiger partial charge in [-0.15, -0.1) is 0 Å². The van der Waals surface area contributed by atoms with Crippen molar-refractivity contribution in [2.45, 2.75) is 20.3 Å². The first kappa shape index (κ1) is 12.3. The van der Waals surface area contributed by atoms with E-state index in [1.165, 1.54) is 0 Å². The van der Waals surface area contributed by atoms with Crippen molar-refractivity contribution < 1.29 is 4.74 Å². The molecule has 3 nitrogen and oxygen atoms in total. The second kappa shape index (κ2) is 5.45. The highest BCUT2D eigenvalue weighted by Gasteiger charge is 2.05. The lowest BCUT2D eigenvalue weighted by molar-refractivity contribution is 0.292. The molecule has 0 unspecified atom stereocenters. The Morgan fingerprint density at radius 2 is 2.18 bits per heavy atom. The molecule has 0 radical (unpaired) electrons. The summed E-state index contributed by atoms with van der Waals surface area (Å²) in [4.78, 5) is 8.62. The Hall–Kier alpha value is -1.16. The minimum Gasteiger partial charge on any atom is -0.491 e. The van der Waals surface area contributed by atoms with Gasteiger partial charge in [0.2, 0.25) is 0 Å². The minimum atomic E-state index is 0.644. The van der Waals surface area contributed by atoms with Gasteiger partial charge in [0.05, 0.1) is 12.1 Å². The van der Waals surface area contributed by atoms with Crippen LogP contribution in [0.3, 0.4) is 0 Å². The zero-order chi connectivity index (χ0) is 12.3. The molecule has 0 aromatic carbocycles. The van der Waals surface area contributed by atoms with Crippen LogP contribution >= 0.6 is 15.9 Å². The number of fused-ring (bicyclic) bond motifs is 1. The van der Waals surface area contributed by atoms with Crippen molar-refractivity contribution in [1.82, 2.24) is 9.97 Å². The van der Waals surface area contributed by atoms with E-state index in [2.05, 4.69) is 39.7 Å². The average molecular weight is 295 g/mol. The largest absolute Gasteiger partial charge is 0.491 e. The molecule has 0 bridgehead atoms. The van der Waals surface area contributed by atoms with Gasteiger partial charge in [-0.25, -0.2) is 4.98 Å². The van der Waals surface area contributed by atoms with Gasteiger partial charge in [0.25, 0.3) is 0 Å². The highest BCUT2D eigenvalue weighted by atomic mass is 79.9. The normalized spacial score (nSPS) is 11.1. The zero-order valence-corrected chi connectivity index (χ0v) is 11.6. The Bertz CT molecular complexity index is 514. The first-order valence-electron chi connectivity index (χ1n) is 5.70. The third-order valence-electron chi connectivity index (χ3n) is 2.46. The maximum absolute atomic E-state index is 5.75. The zero-order valence-electron chi connectivity index (χ0n) is 9.98. The summed E-state index contributed by atoms with van der Waals surface area (Å²) in [6, 6.07) is 3.81. The lowest BCUT2D eigenvalue weighted by Gasteiger charge is -2.09. The summed E-state index contributed by atoms with van der Waals surface area (Å²) < 4.78 is 6.68. The number of pyridine rings is 2. The van der Waals surface area contributed by atoms with Crippen LogP contribution in [0.2, 0.25) is 0 Å². The first-order valence-corrected chi connectivity index (χ1v) is 6.49. The van der Waals surface area contributed by atoms with Crippen molar-refractivity contribution in [2.24, 2.45) is 5.92 Å². The Morgan fingerprint density at radius 3 is 2.94 bits per heavy atom. The molecule has 4 heteroatoms. The lowest BCUT2D eigenvalue weighted by atomic mass is 10.1. The fourth-order valence-electron chi connectivity index (χ4n) is 1.50. The maximum Gasteiger partial charge on any atom is 0.148 e. The quantitative estimate of drug-likeness (QED) is 0.860. The predicted octanol–water partition coefficient (Wildman–Crippen LogP) is 3.82. The van der Waals surface area contributed by atoms with Gasteiger partial charge < -0.3 is 4.74 Å². The van der Waals surface area contributed by atoms with E-state index >= 15 is 0 Å². The maximum atomic E-state index is 5.75. The summed E-state index contributed by atoms with van der Waals surface area (Å²) >= 11 is 3.39. The first-order chi connectivity index (χ1) is 8.16. The predicted molar refractivity (Wildman–Crippen MR) is 72.2 cm³/mol. The summed E-state index contributed by atoms with van der Waals surface area (Å²) in [5, 5.41) is 0. The van der Waals surface area contributed by atoms with Crippen molar-refractivity contribution in [1.29, 1.82) is 0 Å². The third kappa shape index (κ3) is 3.16. The standard InChI is InChI=1S/C13H15BrN2O/c1-9(2)4-6-17-12-3-5-15-11-7-10(14)8-16-13(11)12/h3,5,7-9H,4,6H2,1-2H3. The van der Waals surface area contributed by atoms with Crippen LogP contribution in [0, 0.1) is 5.92 Å². The van der Waals surface area contributed by atoms with E-state index in [0.29, 0.717) is 12.5 Å². The van der Waals surface area contributed by atoms with E-state index in [0.717, 1.165) is 27.7 Å². The number of hydrogen-bond acceptors (Lipinski definition) is 3. The molecule has 0 spiro atoms. The van der Waals surface area contributed by atoms with Crippen LogP contribution in [0.25, 0.3) is 11.0 Å². The molecule has 0 amide bonds. The average Bonchev–Trinajstić information content (AvgIpc) is 2.28. The Kier molecular flexibility index (Phi) is 3.94. The Labute approximate surface area is 109 Å².